The number of methoxy groups -OCH3 is 1. The average Bonchev–Trinajstić information content (AvgIpc) is 3.17. The number of hydrogen-bond donors (Lipinski definition) is 1. The van der Waals surface area contributed by atoms with E-state index >= 15 is 0 Å². The van der Waals surface area contributed by atoms with E-state index in [9.17, 15) is 22.0 Å². The van der Waals surface area contributed by atoms with Crippen LogP contribution in [0.1, 0.15) is 23.1 Å². The standard InChI is InChI=1S/C24H21F2N3O4S/c1-3-34(31,32)28-24(30)21-6-4-5-17(27-21)14-29-22-10-8-18(33-2)11-15(22)12-23(29)19-13-16(25)7-9-20(19)26/h4-13H,3,14H2,1-2H3,(H,28,30). The van der Waals surface area contributed by atoms with Gasteiger partial charge in [-0.05, 0) is 61.5 Å². The van der Waals surface area contributed by atoms with E-state index in [1.54, 1.807) is 41.0 Å². The molecule has 0 spiro atoms. The van der Waals surface area contributed by atoms with Gasteiger partial charge in [0.2, 0.25) is 10.0 Å². The van der Waals surface area contributed by atoms with Gasteiger partial charge in [0.1, 0.15) is 23.1 Å². The Hall–Kier alpha value is -3.79. The molecule has 2 heterocycles. The zero-order valence-corrected chi connectivity index (χ0v) is 19.2. The molecule has 10 heteroatoms. The number of ether oxygens (including phenoxy) is 1. The lowest BCUT2D eigenvalue weighted by molar-refractivity contribution is 0.0976. The highest BCUT2D eigenvalue weighted by Crippen LogP contribution is 2.33. The average molecular weight is 486 g/mol. The Balaban J connectivity index is 1.80. The fourth-order valence-electron chi connectivity index (χ4n) is 3.59. The quantitative estimate of drug-likeness (QED) is 0.425. The number of amides is 1. The lowest BCUT2D eigenvalue weighted by atomic mass is 10.1. The van der Waals surface area contributed by atoms with Gasteiger partial charge in [-0.3, -0.25) is 4.79 Å². The first-order valence-electron chi connectivity index (χ1n) is 10.3. The Labute approximate surface area is 195 Å². The first-order valence-corrected chi connectivity index (χ1v) is 12.0. The maximum atomic E-state index is 14.7. The van der Waals surface area contributed by atoms with E-state index in [4.69, 9.17) is 4.74 Å². The molecule has 0 unspecified atom stereocenters. The van der Waals surface area contributed by atoms with E-state index < -0.39 is 27.6 Å². The molecule has 0 aliphatic carbocycles. The third-order valence-electron chi connectivity index (χ3n) is 5.30. The molecule has 0 fully saturated rings. The molecule has 7 nitrogen and oxygen atoms in total. The van der Waals surface area contributed by atoms with Gasteiger partial charge < -0.3 is 9.30 Å². The van der Waals surface area contributed by atoms with Crippen molar-refractivity contribution in [3.8, 4) is 17.0 Å². The number of nitrogens with one attached hydrogen (secondary N) is 1. The Bertz CT molecular complexity index is 1500. The van der Waals surface area contributed by atoms with Gasteiger partial charge in [0.25, 0.3) is 5.91 Å². The van der Waals surface area contributed by atoms with Crippen LogP contribution in [0.2, 0.25) is 0 Å². The van der Waals surface area contributed by atoms with Crippen molar-refractivity contribution in [3.63, 3.8) is 0 Å². The van der Waals surface area contributed by atoms with Crippen molar-refractivity contribution in [1.29, 1.82) is 0 Å². The predicted molar refractivity (Wildman–Crippen MR) is 124 cm³/mol. The minimum Gasteiger partial charge on any atom is -0.497 e. The van der Waals surface area contributed by atoms with Crippen molar-refractivity contribution >= 4 is 26.8 Å². The number of benzene rings is 2. The van der Waals surface area contributed by atoms with Crippen molar-refractivity contribution in [2.45, 2.75) is 13.5 Å². The second-order valence-corrected chi connectivity index (χ2v) is 9.52. The van der Waals surface area contributed by atoms with Gasteiger partial charge in [0.15, 0.2) is 0 Å². The van der Waals surface area contributed by atoms with Crippen LogP contribution in [-0.4, -0.2) is 36.7 Å². The lowest BCUT2D eigenvalue weighted by Gasteiger charge is -2.13. The third kappa shape index (κ3) is 4.76. The number of carbonyl (C=O) groups excluding carboxylic acids is 1. The number of hydrogen-bond acceptors (Lipinski definition) is 5. The topological polar surface area (TPSA) is 90.3 Å². The smallest absolute Gasteiger partial charge is 0.283 e. The van der Waals surface area contributed by atoms with Gasteiger partial charge >= 0.3 is 0 Å². The largest absolute Gasteiger partial charge is 0.497 e. The van der Waals surface area contributed by atoms with Gasteiger partial charge in [0, 0.05) is 16.5 Å². The van der Waals surface area contributed by atoms with Crippen molar-refractivity contribution in [2.24, 2.45) is 0 Å². The van der Waals surface area contributed by atoms with Crippen LogP contribution in [0.5, 0.6) is 5.75 Å². The Morgan fingerprint density at radius 3 is 2.62 bits per heavy atom. The zero-order valence-electron chi connectivity index (χ0n) is 18.4. The van der Waals surface area contributed by atoms with Gasteiger partial charge in [0.05, 0.1) is 30.8 Å². The monoisotopic (exact) mass is 485 g/mol. The SMILES string of the molecule is CCS(=O)(=O)NC(=O)c1cccc(Cn2c(-c3cc(F)ccc3F)cc3cc(OC)ccc32)n1. The summed E-state index contributed by atoms with van der Waals surface area (Å²) in [5.41, 5.74) is 1.53. The summed E-state index contributed by atoms with van der Waals surface area (Å²) in [7, 11) is -2.22. The van der Waals surface area contributed by atoms with Crippen LogP contribution in [0.25, 0.3) is 22.2 Å². The maximum Gasteiger partial charge on any atom is 0.283 e. The van der Waals surface area contributed by atoms with Crippen LogP contribution < -0.4 is 9.46 Å². The van der Waals surface area contributed by atoms with Crippen LogP contribution in [-0.2, 0) is 16.6 Å². The van der Waals surface area contributed by atoms with Crippen molar-refractivity contribution in [1.82, 2.24) is 14.3 Å². The predicted octanol–water partition coefficient (Wildman–Crippen LogP) is 4.12. The van der Waals surface area contributed by atoms with E-state index in [2.05, 4.69) is 4.98 Å². The van der Waals surface area contributed by atoms with E-state index in [0.717, 1.165) is 23.6 Å². The molecule has 4 aromatic rings. The third-order valence-corrected chi connectivity index (χ3v) is 6.56. The summed E-state index contributed by atoms with van der Waals surface area (Å²) in [6, 6.07) is 14.9. The summed E-state index contributed by atoms with van der Waals surface area (Å²) >= 11 is 0. The molecule has 2 aromatic heterocycles. The summed E-state index contributed by atoms with van der Waals surface area (Å²) in [5.74, 6) is -1.67. The molecule has 0 aliphatic rings. The van der Waals surface area contributed by atoms with E-state index in [1.807, 2.05) is 4.72 Å². The molecule has 176 valence electrons. The first kappa shape index (κ1) is 23.4. The lowest BCUT2D eigenvalue weighted by Crippen LogP contribution is -2.32. The highest BCUT2D eigenvalue weighted by Gasteiger charge is 2.18. The second-order valence-electron chi connectivity index (χ2n) is 7.51. The molecule has 34 heavy (non-hydrogen) atoms. The normalized spacial score (nSPS) is 11.5. The van der Waals surface area contributed by atoms with Crippen LogP contribution in [0.3, 0.4) is 0 Å². The molecule has 1 amide bonds. The van der Waals surface area contributed by atoms with Crippen molar-refractivity contribution in [2.75, 3.05) is 12.9 Å². The number of fused-ring (bicyclic) bond motifs is 1. The summed E-state index contributed by atoms with van der Waals surface area (Å²) in [6.07, 6.45) is 0. The first-order chi connectivity index (χ1) is 16.2. The number of halogens is 2. The van der Waals surface area contributed by atoms with Gasteiger partial charge in [-0.1, -0.05) is 6.07 Å². The molecular formula is C24H21F2N3O4S. The van der Waals surface area contributed by atoms with E-state index in [1.165, 1.54) is 20.1 Å². The Morgan fingerprint density at radius 2 is 1.88 bits per heavy atom. The molecule has 0 saturated carbocycles. The number of sulfonamides is 1. The summed E-state index contributed by atoms with van der Waals surface area (Å²) in [6.45, 7) is 1.53. The summed E-state index contributed by atoms with van der Waals surface area (Å²) in [5, 5.41) is 0.737. The van der Waals surface area contributed by atoms with Crippen molar-refractivity contribution in [3.05, 3.63) is 83.7 Å². The van der Waals surface area contributed by atoms with Crippen LogP contribution in [0.4, 0.5) is 8.78 Å². The molecule has 0 bridgehead atoms. The molecule has 2 aromatic carbocycles. The van der Waals surface area contributed by atoms with Crippen LogP contribution in [0.15, 0.2) is 60.7 Å². The highest BCUT2D eigenvalue weighted by atomic mass is 32.2. The number of carbonyl (C=O) groups is 1. The van der Waals surface area contributed by atoms with Gasteiger partial charge in [-0.2, -0.15) is 0 Å². The number of nitrogens with zero attached hydrogens (tertiary/aromatic N) is 2. The molecule has 0 radical (unpaired) electrons. The maximum absolute atomic E-state index is 14.7. The molecule has 1 N–H and O–H groups in total. The van der Waals surface area contributed by atoms with Crippen molar-refractivity contribution < 1.29 is 26.7 Å². The minimum atomic E-state index is -3.75. The second kappa shape index (κ2) is 9.22. The molecular weight excluding hydrogens is 464 g/mol. The fraction of sp³-hybridized carbons (Fsp3) is 0.167. The number of rotatable bonds is 7. The zero-order chi connectivity index (χ0) is 24.5. The summed E-state index contributed by atoms with van der Waals surface area (Å²) in [4.78, 5) is 16.7. The molecule has 0 atom stereocenters. The molecule has 0 aliphatic heterocycles. The fourth-order valence-corrected chi connectivity index (χ4v) is 4.12. The highest BCUT2D eigenvalue weighted by molar-refractivity contribution is 7.90. The summed E-state index contributed by atoms with van der Waals surface area (Å²) < 4.78 is 61.1. The Morgan fingerprint density at radius 1 is 1.09 bits per heavy atom. The molecule has 4 rings (SSSR count). The minimum absolute atomic E-state index is 0.0677. The van der Waals surface area contributed by atoms with E-state index in [0.29, 0.717) is 22.7 Å². The number of aromatic nitrogens is 2. The molecule has 0 saturated heterocycles. The Kier molecular flexibility index (Phi) is 6.34. The van der Waals surface area contributed by atoms with Crippen LogP contribution in [0, 0.1) is 11.6 Å². The van der Waals surface area contributed by atoms with E-state index in [-0.39, 0.29) is 23.6 Å². The van der Waals surface area contributed by atoms with Crippen LogP contribution >= 0.6 is 0 Å². The van der Waals surface area contributed by atoms with Gasteiger partial charge in [-0.25, -0.2) is 26.9 Å². The van der Waals surface area contributed by atoms with Gasteiger partial charge in [-0.15, -0.1) is 0 Å². The number of pyridine rings is 1.